The summed E-state index contributed by atoms with van der Waals surface area (Å²) in [7, 11) is 2.07. The third kappa shape index (κ3) is 3.55. The Morgan fingerprint density at radius 1 is 1.42 bits per heavy atom. The van der Waals surface area contributed by atoms with E-state index in [1.807, 2.05) is 0 Å². The van der Waals surface area contributed by atoms with Crippen LogP contribution in [0.15, 0.2) is 18.2 Å². The summed E-state index contributed by atoms with van der Waals surface area (Å²) in [6.45, 7) is 1.95. The van der Waals surface area contributed by atoms with Gasteiger partial charge in [0.05, 0.1) is 16.7 Å². The van der Waals surface area contributed by atoms with Gasteiger partial charge in [-0.1, -0.05) is 0 Å². The van der Waals surface area contributed by atoms with Crippen molar-refractivity contribution in [3.05, 3.63) is 28.3 Å². The highest BCUT2D eigenvalue weighted by molar-refractivity contribution is 5.55. The number of non-ortho nitro benzene ring substituents is 1. The van der Waals surface area contributed by atoms with Gasteiger partial charge in [0, 0.05) is 25.2 Å². The van der Waals surface area contributed by atoms with E-state index in [0.29, 0.717) is 11.4 Å². The summed E-state index contributed by atoms with van der Waals surface area (Å²) in [6.07, 6.45) is 1.94. The number of hydrogen-bond donors (Lipinski definition) is 2. The van der Waals surface area contributed by atoms with Crippen molar-refractivity contribution in [2.75, 3.05) is 25.6 Å². The van der Waals surface area contributed by atoms with Gasteiger partial charge in [-0.15, -0.1) is 0 Å². The first-order chi connectivity index (χ1) is 9.08. The summed E-state index contributed by atoms with van der Waals surface area (Å²) in [4.78, 5) is 12.6. The molecule has 0 amide bonds. The number of hydrazine groups is 1. The van der Waals surface area contributed by atoms with Gasteiger partial charge in [-0.05, 0) is 19.9 Å². The van der Waals surface area contributed by atoms with Crippen LogP contribution in [0.2, 0.25) is 0 Å². The molecular formula is C12H18N4O3. The van der Waals surface area contributed by atoms with E-state index in [1.165, 1.54) is 12.1 Å². The van der Waals surface area contributed by atoms with E-state index < -0.39 is 4.92 Å². The van der Waals surface area contributed by atoms with Crippen molar-refractivity contribution in [1.82, 2.24) is 4.90 Å². The molecule has 0 unspecified atom stereocenters. The van der Waals surface area contributed by atoms with Gasteiger partial charge in [0.25, 0.3) is 5.69 Å². The van der Waals surface area contributed by atoms with Crippen LogP contribution in [0.5, 0.6) is 5.75 Å². The molecule has 1 aromatic carbocycles. The van der Waals surface area contributed by atoms with Crippen LogP contribution in [0, 0.1) is 10.1 Å². The van der Waals surface area contributed by atoms with E-state index in [2.05, 4.69) is 17.4 Å². The minimum Gasteiger partial charge on any atom is -0.490 e. The van der Waals surface area contributed by atoms with E-state index >= 15 is 0 Å². The van der Waals surface area contributed by atoms with Crippen molar-refractivity contribution in [1.29, 1.82) is 0 Å². The molecule has 0 bridgehead atoms. The molecule has 1 aliphatic heterocycles. The molecule has 1 aromatic rings. The van der Waals surface area contributed by atoms with Gasteiger partial charge in [-0.3, -0.25) is 16.0 Å². The standard InChI is InChI=1S/C12H18N4O3/c1-15-4-2-11(3-5-15)19-12-7-9(14-13)6-10(8-12)16(17)18/h6-8,11,14H,2-5,13H2,1H3. The average Bonchev–Trinajstić information content (AvgIpc) is 2.41. The molecule has 104 valence electrons. The van der Waals surface area contributed by atoms with Crippen LogP contribution in [-0.2, 0) is 0 Å². The van der Waals surface area contributed by atoms with E-state index in [1.54, 1.807) is 6.07 Å². The maximum atomic E-state index is 10.8. The smallest absolute Gasteiger partial charge is 0.275 e. The molecule has 1 saturated heterocycles. The number of nitro groups is 1. The maximum absolute atomic E-state index is 10.8. The molecule has 0 spiro atoms. The molecule has 0 aliphatic carbocycles. The Labute approximate surface area is 111 Å². The Bertz CT molecular complexity index is 458. The second-order valence-electron chi connectivity index (χ2n) is 4.74. The van der Waals surface area contributed by atoms with E-state index in [4.69, 9.17) is 10.6 Å². The minimum atomic E-state index is -0.456. The van der Waals surface area contributed by atoms with Gasteiger partial charge >= 0.3 is 0 Å². The molecule has 1 fully saturated rings. The highest BCUT2D eigenvalue weighted by Crippen LogP contribution is 2.27. The maximum Gasteiger partial charge on any atom is 0.275 e. The monoisotopic (exact) mass is 266 g/mol. The van der Waals surface area contributed by atoms with Crippen LogP contribution in [0.25, 0.3) is 0 Å². The molecule has 2 rings (SSSR count). The lowest BCUT2D eigenvalue weighted by molar-refractivity contribution is -0.384. The van der Waals surface area contributed by atoms with Crippen molar-refractivity contribution >= 4 is 11.4 Å². The number of ether oxygens (including phenoxy) is 1. The van der Waals surface area contributed by atoms with Crippen molar-refractivity contribution in [3.8, 4) is 5.75 Å². The number of benzene rings is 1. The summed E-state index contributed by atoms with van der Waals surface area (Å²) in [6, 6.07) is 4.48. The lowest BCUT2D eigenvalue weighted by Gasteiger charge is -2.29. The predicted molar refractivity (Wildman–Crippen MR) is 72.1 cm³/mol. The fourth-order valence-electron chi connectivity index (χ4n) is 2.14. The highest BCUT2D eigenvalue weighted by atomic mass is 16.6. The number of nitro benzene ring substituents is 1. The molecule has 3 N–H and O–H groups in total. The van der Waals surface area contributed by atoms with Gasteiger partial charge in [0.2, 0.25) is 0 Å². The van der Waals surface area contributed by atoms with Gasteiger partial charge in [0.15, 0.2) is 0 Å². The molecular weight excluding hydrogens is 248 g/mol. The Hall–Kier alpha value is -1.86. The molecule has 7 nitrogen and oxygen atoms in total. The lowest BCUT2D eigenvalue weighted by atomic mass is 10.1. The van der Waals surface area contributed by atoms with Crippen LogP contribution < -0.4 is 16.0 Å². The first kappa shape index (κ1) is 13.6. The third-order valence-electron chi connectivity index (χ3n) is 3.24. The quantitative estimate of drug-likeness (QED) is 0.485. The van der Waals surface area contributed by atoms with Crippen LogP contribution in [0.4, 0.5) is 11.4 Å². The Morgan fingerprint density at radius 2 is 2.11 bits per heavy atom. The zero-order valence-electron chi connectivity index (χ0n) is 10.8. The molecule has 0 aromatic heterocycles. The number of nitrogen functional groups attached to an aromatic ring is 1. The van der Waals surface area contributed by atoms with Crippen molar-refractivity contribution in [2.24, 2.45) is 5.84 Å². The van der Waals surface area contributed by atoms with Crippen molar-refractivity contribution in [3.63, 3.8) is 0 Å². The summed E-state index contributed by atoms with van der Waals surface area (Å²) >= 11 is 0. The molecule has 1 aliphatic rings. The van der Waals surface area contributed by atoms with Gasteiger partial charge in [0.1, 0.15) is 11.9 Å². The predicted octanol–water partition coefficient (Wildman–Crippen LogP) is 1.35. The molecule has 19 heavy (non-hydrogen) atoms. The molecule has 0 atom stereocenters. The number of hydrogen-bond acceptors (Lipinski definition) is 6. The average molecular weight is 266 g/mol. The second kappa shape index (κ2) is 5.85. The fourth-order valence-corrected chi connectivity index (χ4v) is 2.14. The Morgan fingerprint density at radius 3 is 2.68 bits per heavy atom. The number of nitrogens with zero attached hydrogens (tertiary/aromatic N) is 2. The molecule has 0 saturated carbocycles. The SMILES string of the molecule is CN1CCC(Oc2cc(NN)cc([N+](=O)[O-])c2)CC1. The number of rotatable bonds is 4. The summed E-state index contributed by atoms with van der Waals surface area (Å²) < 4.78 is 5.81. The van der Waals surface area contributed by atoms with Gasteiger partial charge in [-0.25, -0.2) is 0 Å². The number of nitrogens with two attached hydrogens (primary N) is 1. The largest absolute Gasteiger partial charge is 0.490 e. The third-order valence-corrected chi connectivity index (χ3v) is 3.24. The van der Waals surface area contributed by atoms with Crippen LogP contribution >= 0.6 is 0 Å². The van der Waals surface area contributed by atoms with Crippen LogP contribution in [0.3, 0.4) is 0 Å². The van der Waals surface area contributed by atoms with Gasteiger partial charge < -0.3 is 15.1 Å². The molecule has 1 heterocycles. The summed E-state index contributed by atoms with van der Waals surface area (Å²) in [5.41, 5.74) is 2.85. The highest BCUT2D eigenvalue weighted by Gasteiger charge is 2.19. The minimum absolute atomic E-state index is 0.0293. The summed E-state index contributed by atoms with van der Waals surface area (Å²) in [5.74, 6) is 5.79. The Kier molecular flexibility index (Phi) is 4.18. The number of likely N-dealkylation sites (tertiary alicyclic amines) is 1. The second-order valence-corrected chi connectivity index (χ2v) is 4.74. The fraction of sp³-hybridized carbons (Fsp3) is 0.500. The molecule has 7 heteroatoms. The van der Waals surface area contributed by atoms with Crippen molar-refractivity contribution in [2.45, 2.75) is 18.9 Å². The normalized spacial score (nSPS) is 17.2. The first-order valence-corrected chi connectivity index (χ1v) is 6.20. The summed E-state index contributed by atoms with van der Waals surface area (Å²) in [5, 5.41) is 10.8. The number of nitrogens with one attached hydrogen (secondary N) is 1. The van der Waals surface area contributed by atoms with E-state index in [-0.39, 0.29) is 11.8 Å². The lowest BCUT2D eigenvalue weighted by Crippen LogP contribution is -2.35. The topological polar surface area (TPSA) is 93.7 Å². The van der Waals surface area contributed by atoms with Crippen LogP contribution in [0.1, 0.15) is 12.8 Å². The Balaban J connectivity index is 2.10. The number of anilines is 1. The first-order valence-electron chi connectivity index (χ1n) is 6.20. The van der Waals surface area contributed by atoms with Gasteiger partial charge in [-0.2, -0.15) is 0 Å². The van der Waals surface area contributed by atoms with E-state index in [9.17, 15) is 10.1 Å². The zero-order valence-corrected chi connectivity index (χ0v) is 10.8. The van der Waals surface area contributed by atoms with Crippen molar-refractivity contribution < 1.29 is 9.66 Å². The number of piperidine rings is 1. The zero-order chi connectivity index (χ0) is 13.8. The van der Waals surface area contributed by atoms with E-state index in [0.717, 1.165) is 25.9 Å². The van der Waals surface area contributed by atoms with Crippen LogP contribution in [-0.4, -0.2) is 36.1 Å². The molecule has 0 radical (unpaired) electrons.